The minimum atomic E-state index is -0.607. The van der Waals surface area contributed by atoms with E-state index >= 15 is 0 Å². The van der Waals surface area contributed by atoms with Crippen molar-refractivity contribution in [3.8, 4) is 11.6 Å². The zero-order chi connectivity index (χ0) is 18.7. The summed E-state index contributed by atoms with van der Waals surface area (Å²) in [5.41, 5.74) is 2.58. The summed E-state index contributed by atoms with van der Waals surface area (Å²) in [6.07, 6.45) is 0. The highest BCUT2D eigenvalue weighted by molar-refractivity contribution is 6.33. The summed E-state index contributed by atoms with van der Waals surface area (Å²) in [6, 6.07) is 12.6. The standard InChI is InChI=1S/C19H18ClN3O3/c1-12-10-13(2)23(22-12)17-9-8-15(20)18(21-17)19(24)26-11-14-6-4-5-7-16(14)25-3/h4-10H,11H2,1-3H3. The average Bonchev–Trinajstić information content (AvgIpc) is 2.98. The number of rotatable bonds is 5. The maximum absolute atomic E-state index is 12.5. The van der Waals surface area contributed by atoms with Crippen LogP contribution in [0.3, 0.4) is 0 Å². The monoisotopic (exact) mass is 371 g/mol. The number of esters is 1. The topological polar surface area (TPSA) is 66.2 Å². The van der Waals surface area contributed by atoms with Gasteiger partial charge in [-0.3, -0.25) is 0 Å². The van der Waals surface area contributed by atoms with Gasteiger partial charge in [-0.1, -0.05) is 29.8 Å². The number of carbonyl (C=O) groups is 1. The minimum absolute atomic E-state index is 0.0478. The molecule has 0 bridgehead atoms. The molecule has 0 fully saturated rings. The molecule has 0 atom stereocenters. The first-order valence-electron chi connectivity index (χ1n) is 7.99. The molecule has 0 aliphatic carbocycles. The zero-order valence-electron chi connectivity index (χ0n) is 14.7. The molecular weight excluding hydrogens is 354 g/mol. The normalized spacial score (nSPS) is 10.6. The number of hydrogen-bond donors (Lipinski definition) is 0. The maximum Gasteiger partial charge on any atom is 0.358 e. The van der Waals surface area contributed by atoms with Crippen LogP contribution in [0, 0.1) is 13.8 Å². The van der Waals surface area contributed by atoms with E-state index in [0.717, 1.165) is 17.0 Å². The molecule has 0 unspecified atom stereocenters. The van der Waals surface area contributed by atoms with E-state index in [2.05, 4.69) is 10.1 Å². The third-order valence-corrected chi connectivity index (χ3v) is 4.11. The highest BCUT2D eigenvalue weighted by Gasteiger charge is 2.17. The molecule has 2 aromatic heterocycles. The third kappa shape index (κ3) is 3.70. The Balaban J connectivity index is 1.83. The number of methoxy groups -OCH3 is 1. The lowest BCUT2D eigenvalue weighted by Crippen LogP contribution is -2.12. The van der Waals surface area contributed by atoms with E-state index in [0.29, 0.717) is 11.6 Å². The lowest BCUT2D eigenvalue weighted by atomic mass is 10.2. The van der Waals surface area contributed by atoms with Crippen LogP contribution < -0.4 is 4.74 Å². The fourth-order valence-corrected chi connectivity index (χ4v) is 2.77. The van der Waals surface area contributed by atoms with Crippen molar-refractivity contribution in [2.45, 2.75) is 20.5 Å². The second-order valence-corrected chi connectivity index (χ2v) is 6.13. The Labute approximate surface area is 156 Å². The van der Waals surface area contributed by atoms with Crippen molar-refractivity contribution in [1.82, 2.24) is 14.8 Å². The van der Waals surface area contributed by atoms with Gasteiger partial charge in [0.15, 0.2) is 11.5 Å². The van der Waals surface area contributed by atoms with Crippen LogP contribution >= 0.6 is 11.6 Å². The molecule has 0 radical (unpaired) electrons. The van der Waals surface area contributed by atoms with Crippen LogP contribution in [0.25, 0.3) is 5.82 Å². The molecule has 134 valence electrons. The molecule has 26 heavy (non-hydrogen) atoms. The van der Waals surface area contributed by atoms with Crippen LogP contribution in [0.15, 0.2) is 42.5 Å². The molecule has 0 N–H and O–H groups in total. The molecule has 2 heterocycles. The quantitative estimate of drug-likeness (QED) is 0.636. The van der Waals surface area contributed by atoms with Gasteiger partial charge in [0.05, 0.1) is 17.8 Å². The van der Waals surface area contributed by atoms with Gasteiger partial charge in [-0.25, -0.2) is 14.5 Å². The van der Waals surface area contributed by atoms with E-state index in [1.165, 1.54) is 0 Å². The average molecular weight is 372 g/mol. The van der Waals surface area contributed by atoms with Crippen LogP contribution in [-0.4, -0.2) is 27.8 Å². The molecule has 0 spiro atoms. The first-order valence-corrected chi connectivity index (χ1v) is 8.36. The van der Waals surface area contributed by atoms with Crippen LogP contribution in [0.4, 0.5) is 0 Å². The maximum atomic E-state index is 12.5. The highest BCUT2D eigenvalue weighted by Crippen LogP contribution is 2.21. The molecular formula is C19H18ClN3O3. The number of aromatic nitrogens is 3. The van der Waals surface area contributed by atoms with Gasteiger partial charge in [0.1, 0.15) is 12.4 Å². The summed E-state index contributed by atoms with van der Waals surface area (Å²) < 4.78 is 12.3. The van der Waals surface area contributed by atoms with Crippen molar-refractivity contribution in [2.75, 3.05) is 7.11 Å². The number of para-hydroxylation sites is 1. The zero-order valence-corrected chi connectivity index (χ0v) is 15.4. The van der Waals surface area contributed by atoms with Crippen molar-refractivity contribution in [3.63, 3.8) is 0 Å². The predicted molar refractivity (Wildman–Crippen MR) is 98.0 cm³/mol. The Hall–Kier alpha value is -2.86. The van der Waals surface area contributed by atoms with Crippen LogP contribution in [-0.2, 0) is 11.3 Å². The van der Waals surface area contributed by atoms with Gasteiger partial charge in [-0.2, -0.15) is 5.10 Å². The molecule has 1 aromatic carbocycles. The van der Waals surface area contributed by atoms with Crippen molar-refractivity contribution in [3.05, 3.63) is 70.1 Å². The number of ether oxygens (including phenoxy) is 2. The number of carbonyl (C=O) groups excluding carboxylic acids is 1. The van der Waals surface area contributed by atoms with E-state index in [9.17, 15) is 4.79 Å². The van der Waals surface area contributed by atoms with E-state index in [-0.39, 0.29) is 17.3 Å². The van der Waals surface area contributed by atoms with Gasteiger partial charge < -0.3 is 9.47 Å². The Morgan fingerprint density at radius 3 is 2.65 bits per heavy atom. The number of pyridine rings is 1. The molecule has 3 aromatic rings. The number of hydrogen-bond acceptors (Lipinski definition) is 5. The van der Waals surface area contributed by atoms with Crippen LogP contribution in [0.1, 0.15) is 27.4 Å². The first kappa shape index (κ1) is 17.9. The lowest BCUT2D eigenvalue weighted by Gasteiger charge is -2.10. The van der Waals surface area contributed by atoms with Crippen molar-refractivity contribution >= 4 is 17.6 Å². The number of halogens is 1. The van der Waals surface area contributed by atoms with Gasteiger partial charge in [-0.05, 0) is 38.1 Å². The third-order valence-electron chi connectivity index (χ3n) is 3.80. The summed E-state index contributed by atoms with van der Waals surface area (Å²) in [5, 5.41) is 4.59. The largest absolute Gasteiger partial charge is 0.496 e. The molecule has 3 rings (SSSR count). The van der Waals surface area contributed by atoms with Crippen molar-refractivity contribution in [2.24, 2.45) is 0 Å². The van der Waals surface area contributed by atoms with Crippen LogP contribution in [0.5, 0.6) is 5.75 Å². The van der Waals surface area contributed by atoms with E-state index in [1.807, 2.05) is 38.1 Å². The Morgan fingerprint density at radius 1 is 1.19 bits per heavy atom. The molecule has 6 nitrogen and oxygen atoms in total. The van der Waals surface area contributed by atoms with E-state index in [4.69, 9.17) is 21.1 Å². The smallest absolute Gasteiger partial charge is 0.358 e. The number of nitrogens with zero attached hydrogens (tertiary/aromatic N) is 3. The van der Waals surface area contributed by atoms with Crippen molar-refractivity contribution < 1.29 is 14.3 Å². The molecule has 0 amide bonds. The summed E-state index contributed by atoms with van der Waals surface area (Å²) in [4.78, 5) is 16.8. The summed E-state index contributed by atoms with van der Waals surface area (Å²) in [5.74, 6) is 0.546. The second-order valence-electron chi connectivity index (χ2n) is 5.73. The SMILES string of the molecule is COc1ccccc1COC(=O)c1nc(-n2nc(C)cc2C)ccc1Cl. The van der Waals surface area contributed by atoms with E-state index in [1.54, 1.807) is 30.0 Å². The van der Waals surface area contributed by atoms with E-state index < -0.39 is 5.97 Å². The molecule has 7 heteroatoms. The summed E-state index contributed by atoms with van der Waals surface area (Å²) >= 11 is 6.15. The van der Waals surface area contributed by atoms with Gasteiger partial charge >= 0.3 is 5.97 Å². The molecule has 0 aliphatic heterocycles. The van der Waals surface area contributed by atoms with Gasteiger partial charge in [0.2, 0.25) is 0 Å². The van der Waals surface area contributed by atoms with Crippen LogP contribution in [0.2, 0.25) is 5.02 Å². The van der Waals surface area contributed by atoms with Gasteiger partial charge in [0, 0.05) is 11.3 Å². The number of benzene rings is 1. The number of aryl methyl sites for hydroxylation is 2. The Bertz CT molecular complexity index is 953. The van der Waals surface area contributed by atoms with Crippen molar-refractivity contribution in [1.29, 1.82) is 0 Å². The lowest BCUT2D eigenvalue weighted by molar-refractivity contribution is 0.0463. The molecule has 0 saturated carbocycles. The second kappa shape index (κ2) is 7.58. The Kier molecular flexibility index (Phi) is 5.23. The summed E-state index contributed by atoms with van der Waals surface area (Å²) in [7, 11) is 1.57. The highest BCUT2D eigenvalue weighted by atomic mass is 35.5. The van der Waals surface area contributed by atoms with Gasteiger partial charge in [0.25, 0.3) is 0 Å². The minimum Gasteiger partial charge on any atom is -0.496 e. The fourth-order valence-electron chi connectivity index (χ4n) is 2.59. The van der Waals surface area contributed by atoms with Gasteiger partial charge in [-0.15, -0.1) is 0 Å². The Morgan fingerprint density at radius 2 is 1.96 bits per heavy atom. The first-order chi connectivity index (χ1) is 12.5. The summed E-state index contributed by atoms with van der Waals surface area (Å²) in [6.45, 7) is 3.86. The fraction of sp³-hybridized carbons (Fsp3) is 0.211. The molecule has 0 aliphatic rings. The predicted octanol–water partition coefficient (Wildman–Crippen LogP) is 3.90. The molecule has 0 saturated heterocycles.